The largest absolute Gasteiger partial charge is 0.434 e. The maximum absolute atomic E-state index is 12.6. The number of aliphatic hydroxyl groups excluding tert-OH is 1. The summed E-state index contributed by atoms with van der Waals surface area (Å²) >= 11 is 12.2. The van der Waals surface area contributed by atoms with Gasteiger partial charge in [-0.25, -0.2) is 4.79 Å². The number of benzene rings is 2. The highest BCUT2D eigenvalue weighted by atomic mass is 35.5. The number of nitrogens with one attached hydrogen (secondary N) is 1. The second-order valence-electron chi connectivity index (χ2n) is 13.8. The molecule has 1 amide bonds. The van der Waals surface area contributed by atoms with E-state index in [2.05, 4.69) is 36.9 Å². The number of aliphatic hydroxyl groups is 1. The van der Waals surface area contributed by atoms with Crippen LogP contribution < -0.4 is 15.1 Å². The van der Waals surface area contributed by atoms with Gasteiger partial charge in [-0.05, 0) is 48.2 Å². The van der Waals surface area contributed by atoms with E-state index in [1.54, 1.807) is 6.07 Å². The van der Waals surface area contributed by atoms with Gasteiger partial charge in [0, 0.05) is 113 Å². The van der Waals surface area contributed by atoms with Crippen molar-refractivity contribution in [3.8, 4) is 0 Å². The molecule has 0 atom stereocenters. The second-order valence-corrected chi connectivity index (χ2v) is 14.7. The van der Waals surface area contributed by atoms with Gasteiger partial charge in [0.15, 0.2) is 0 Å². The zero-order chi connectivity index (χ0) is 43.1. The lowest BCUT2D eigenvalue weighted by atomic mass is 10.1. The molecule has 0 aromatic heterocycles. The number of alkyl halides is 12. The lowest BCUT2D eigenvalue weighted by Gasteiger charge is -2.38. The molecule has 58 heavy (non-hydrogen) atoms. The van der Waals surface area contributed by atoms with Crippen LogP contribution in [0.5, 0.6) is 0 Å². The molecule has 0 bridgehead atoms. The summed E-state index contributed by atoms with van der Waals surface area (Å²) in [5.74, 6) is 0. The number of hydrogen-bond donors (Lipinski definition) is 2. The fourth-order valence-electron chi connectivity index (χ4n) is 6.16. The van der Waals surface area contributed by atoms with Crippen molar-refractivity contribution >= 4 is 40.7 Å². The number of carbonyl (C=O) groups excluding carboxylic acids is 1. The molecule has 0 unspecified atom stereocenters. The van der Waals surface area contributed by atoms with Crippen LogP contribution in [0.1, 0.15) is 24.0 Å². The van der Waals surface area contributed by atoms with Crippen LogP contribution in [0.25, 0.3) is 0 Å². The van der Waals surface area contributed by atoms with Crippen molar-refractivity contribution in [1.29, 1.82) is 0 Å². The molecule has 0 spiro atoms. The minimum Gasteiger partial charge on any atom is -0.426 e. The van der Waals surface area contributed by atoms with E-state index in [0.29, 0.717) is 24.7 Å². The van der Waals surface area contributed by atoms with E-state index in [-0.39, 0.29) is 13.1 Å². The number of anilines is 2. The predicted octanol–water partition coefficient (Wildman–Crippen LogP) is 7.72. The smallest absolute Gasteiger partial charge is 0.426 e. The van der Waals surface area contributed by atoms with Crippen molar-refractivity contribution in [3.63, 3.8) is 0 Å². The number of amides is 1. The molecule has 4 heterocycles. The van der Waals surface area contributed by atoms with E-state index >= 15 is 0 Å². The summed E-state index contributed by atoms with van der Waals surface area (Å²) in [6.45, 7) is 10.8. The molecule has 6 rings (SSSR count). The summed E-state index contributed by atoms with van der Waals surface area (Å²) in [6, 6.07) is 11.9. The van der Waals surface area contributed by atoms with Crippen LogP contribution in [0, 0.1) is 0 Å². The fourth-order valence-corrected chi connectivity index (χ4v) is 6.50. The third kappa shape index (κ3) is 14.0. The van der Waals surface area contributed by atoms with Crippen molar-refractivity contribution in [2.45, 2.75) is 62.8 Å². The quantitative estimate of drug-likeness (QED) is 0.274. The number of halogens is 14. The summed E-state index contributed by atoms with van der Waals surface area (Å²) in [4.78, 5) is 21.8. The molecule has 9 nitrogen and oxygen atoms in total. The molecule has 4 saturated heterocycles. The Labute approximate surface area is 336 Å². The zero-order valence-electron chi connectivity index (χ0n) is 30.7. The highest BCUT2D eigenvalue weighted by Gasteiger charge is 2.60. The maximum Gasteiger partial charge on any atom is 0.434 e. The molecule has 2 N–H and O–H groups in total. The molecule has 2 aromatic rings. The number of hydrogen-bond acceptors (Lipinski definition) is 8. The molecule has 328 valence electrons. The minimum absolute atomic E-state index is 0.0338. The Bertz CT molecular complexity index is 1600. The highest BCUT2D eigenvalue weighted by Crippen LogP contribution is 2.37. The summed E-state index contributed by atoms with van der Waals surface area (Å²) in [5, 5.41) is 12.3. The van der Waals surface area contributed by atoms with E-state index in [1.165, 1.54) is 30.8 Å². The summed E-state index contributed by atoms with van der Waals surface area (Å²) in [5.41, 5.74) is 4.78. The van der Waals surface area contributed by atoms with Gasteiger partial charge >= 0.3 is 30.8 Å². The van der Waals surface area contributed by atoms with E-state index in [1.807, 2.05) is 23.1 Å². The van der Waals surface area contributed by atoms with Crippen molar-refractivity contribution in [3.05, 3.63) is 57.6 Å². The number of rotatable bonds is 7. The summed E-state index contributed by atoms with van der Waals surface area (Å²) < 4.78 is 145. The summed E-state index contributed by atoms with van der Waals surface area (Å²) in [6.07, 6.45) is -30.3. The standard InChI is InChI=1S/C18H20ClF6N3O2.C14H20ClN3.C3H2F6O/c19-13-3-2-12(14(10-13)27-4-1-5-27)11-26-6-8-28(9-7-26)16(29)30-15(17(20,21)22)18(23,24)25;15-13-3-2-12(11-17-8-4-16-5-9-17)14(10-13)18-6-1-7-18;4-2(5,6)1(10)3(7,8)9/h2-3,10,15H,1,4-9,11H2;2-3,10,16H,1,4-9,11H2;1,10H. The lowest BCUT2D eigenvalue weighted by Crippen LogP contribution is -2.52. The van der Waals surface area contributed by atoms with Crippen LogP contribution in [-0.2, 0) is 17.8 Å². The third-order valence-electron chi connectivity index (χ3n) is 9.55. The molecule has 4 fully saturated rings. The van der Waals surface area contributed by atoms with Gasteiger partial charge in [-0.15, -0.1) is 0 Å². The average molecular weight is 894 g/mol. The Morgan fingerprint density at radius 2 is 1.02 bits per heavy atom. The van der Waals surface area contributed by atoms with Crippen molar-refractivity contribution < 1.29 is 67.3 Å². The van der Waals surface area contributed by atoms with Crippen LogP contribution >= 0.6 is 23.2 Å². The average Bonchev–Trinajstić information content (AvgIpc) is 3.07. The van der Waals surface area contributed by atoms with E-state index in [9.17, 15) is 57.5 Å². The van der Waals surface area contributed by atoms with Gasteiger partial charge in [-0.2, -0.15) is 52.7 Å². The van der Waals surface area contributed by atoms with Crippen molar-refractivity contribution in [1.82, 2.24) is 20.0 Å². The Morgan fingerprint density at radius 1 is 0.621 bits per heavy atom. The van der Waals surface area contributed by atoms with Crippen molar-refractivity contribution in [2.24, 2.45) is 0 Å². The Morgan fingerprint density at radius 3 is 1.34 bits per heavy atom. The minimum atomic E-state index is -5.72. The fraction of sp³-hybridized carbons (Fsp3) is 0.629. The van der Waals surface area contributed by atoms with Crippen molar-refractivity contribution in [2.75, 3.05) is 88.3 Å². The molecule has 4 aliphatic rings. The first-order valence-corrected chi connectivity index (χ1v) is 18.8. The first-order valence-electron chi connectivity index (χ1n) is 18.1. The van der Waals surface area contributed by atoms with Crippen LogP contribution in [-0.4, -0.2) is 141 Å². The number of nitrogens with zero attached hydrogens (tertiary/aromatic N) is 5. The normalized spacial score (nSPS) is 18.5. The molecule has 0 aliphatic carbocycles. The number of piperazine rings is 2. The van der Waals surface area contributed by atoms with Gasteiger partial charge in [-0.1, -0.05) is 35.3 Å². The van der Waals surface area contributed by atoms with Crippen LogP contribution in [0.4, 0.5) is 68.9 Å². The first-order chi connectivity index (χ1) is 26.9. The van der Waals surface area contributed by atoms with Gasteiger partial charge in [-0.3, -0.25) is 9.80 Å². The van der Waals surface area contributed by atoms with Gasteiger partial charge < -0.3 is 29.9 Å². The molecule has 0 radical (unpaired) electrons. The second kappa shape index (κ2) is 20.0. The van der Waals surface area contributed by atoms with Crippen LogP contribution in [0.15, 0.2) is 36.4 Å². The number of carbonyl (C=O) groups is 1. The third-order valence-corrected chi connectivity index (χ3v) is 10.0. The van der Waals surface area contributed by atoms with Gasteiger partial charge in [0.1, 0.15) is 0 Å². The maximum atomic E-state index is 12.6. The van der Waals surface area contributed by atoms with Gasteiger partial charge in [0.2, 0.25) is 6.10 Å². The molecule has 4 aliphatic heterocycles. The highest BCUT2D eigenvalue weighted by molar-refractivity contribution is 6.31. The Kier molecular flexibility index (Phi) is 16.4. The zero-order valence-corrected chi connectivity index (χ0v) is 32.2. The molecule has 23 heteroatoms. The van der Waals surface area contributed by atoms with E-state index in [4.69, 9.17) is 28.3 Å². The molecular formula is C35H42Cl2F12N6O3. The number of ether oxygens (including phenoxy) is 1. The molecule has 0 saturated carbocycles. The predicted molar refractivity (Wildman–Crippen MR) is 192 cm³/mol. The van der Waals surface area contributed by atoms with Gasteiger partial charge in [0.05, 0.1) is 0 Å². The monoisotopic (exact) mass is 892 g/mol. The summed E-state index contributed by atoms with van der Waals surface area (Å²) in [7, 11) is 0. The Hall–Kier alpha value is -3.11. The first kappa shape index (κ1) is 47.6. The molecular weight excluding hydrogens is 851 g/mol. The van der Waals surface area contributed by atoms with E-state index < -0.39 is 43.0 Å². The lowest BCUT2D eigenvalue weighted by molar-refractivity contribution is -0.309. The van der Waals surface area contributed by atoms with Gasteiger partial charge in [0.25, 0.3) is 6.10 Å². The topological polar surface area (TPSA) is 74.8 Å². The van der Waals surface area contributed by atoms with E-state index in [0.717, 1.165) is 73.4 Å². The SMILES string of the molecule is Clc1ccc(CN2CCNCC2)c(N2CCC2)c1.O=C(OC(C(F)(F)F)C(F)(F)F)N1CCN(Cc2ccc(Cl)cc2N2CCC2)CC1.OC(C(F)(F)F)C(F)(F)F. The van der Waals surface area contributed by atoms with Crippen LogP contribution in [0.3, 0.4) is 0 Å². The van der Waals surface area contributed by atoms with Crippen LogP contribution in [0.2, 0.25) is 10.0 Å². The molecule has 2 aromatic carbocycles. The Balaban J connectivity index is 0.000000223.